The summed E-state index contributed by atoms with van der Waals surface area (Å²) in [5.74, 6) is -0.320. The van der Waals surface area contributed by atoms with Crippen molar-refractivity contribution in [3.63, 3.8) is 0 Å². The molecule has 132 valence electrons. The van der Waals surface area contributed by atoms with Gasteiger partial charge in [-0.3, -0.25) is 0 Å². The van der Waals surface area contributed by atoms with Crippen LogP contribution in [0.1, 0.15) is 41.8 Å². The molecule has 2 saturated heterocycles. The van der Waals surface area contributed by atoms with E-state index >= 15 is 0 Å². The molecule has 3 heterocycles. The summed E-state index contributed by atoms with van der Waals surface area (Å²) in [5, 5.41) is 5.80. The van der Waals surface area contributed by atoms with Gasteiger partial charge in [-0.25, -0.2) is 4.79 Å². The number of carbonyl (C=O) groups excluding carboxylic acids is 1. The van der Waals surface area contributed by atoms with E-state index in [-0.39, 0.29) is 5.97 Å². The van der Waals surface area contributed by atoms with Gasteiger partial charge in [-0.2, -0.15) is 0 Å². The minimum absolute atomic E-state index is 0.320. The Morgan fingerprint density at radius 2 is 1.96 bits per heavy atom. The van der Waals surface area contributed by atoms with Crippen LogP contribution in [0.4, 0.5) is 5.69 Å². The van der Waals surface area contributed by atoms with E-state index in [0.717, 1.165) is 31.6 Å². The molecule has 2 aliphatic heterocycles. The molecular formula is C17H25N3O2S2. The van der Waals surface area contributed by atoms with Gasteiger partial charge in [0.15, 0.2) is 5.11 Å². The van der Waals surface area contributed by atoms with Crippen molar-refractivity contribution in [1.29, 1.82) is 0 Å². The highest BCUT2D eigenvalue weighted by Gasteiger charge is 2.27. The first-order valence-electron chi connectivity index (χ1n) is 8.65. The SMILES string of the molecule is COC(=O)c1sccc1NC(=S)N1CCC(N2CCCCC2)CC1. The summed E-state index contributed by atoms with van der Waals surface area (Å²) in [6.45, 7) is 4.46. The van der Waals surface area contributed by atoms with E-state index in [2.05, 4.69) is 15.1 Å². The number of thiocarbonyl (C=S) groups is 1. The highest BCUT2D eigenvalue weighted by atomic mass is 32.1. The summed E-state index contributed by atoms with van der Waals surface area (Å²) < 4.78 is 4.81. The zero-order valence-corrected chi connectivity index (χ0v) is 15.8. The molecule has 0 unspecified atom stereocenters. The molecule has 1 aromatic rings. The van der Waals surface area contributed by atoms with Gasteiger partial charge in [0.1, 0.15) is 4.88 Å². The van der Waals surface area contributed by atoms with Crippen LogP contribution in [0.25, 0.3) is 0 Å². The number of anilines is 1. The molecule has 0 radical (unpaired) electrons. The number of carbonyl (C=O) groups is 1. The van der Waals surface area contributed by atoms with Crippen LogP contribution >= 0.6 is 23.6 Å². The van der Waals surface area contributed by atoms with Crippen LogP contribution in [0.5, 0.6) is 0 Å². The smallest absolute Gasteiger partial charge is 0.350 e. The summed E-state index contributed by atoms with van der Waals surface area (Å²) in [6, 6.07) is 2.58. The first kappa shape index (κ1) is 17.6. The van der Waals surface area contributed by atoms with Crippen molar-refractivity contribution < 1.29 is 9.53 Å². The maximum atomic E-state index is 11.8. The van der Waals surface area contributed by atoms with Gasteiger partial charge in [-0.15, -0.1) is 11.3 Å². The van der Waals surface area contributed by atoms with Crippen molar-refractivity contribution in [3.05, 3.63) is 16.3 Å². The van der Waals surface area contributed by atoms with Gasteiger partial charge in [0.25, 0.3) is 0 Å². The average molecular weight is 368 g/mol. The van der Waals surface area contributed by atoms with Gasteiger partial charge in [0, 0.05) is 19.1 Å². The predicted octanol–water partition coefficient (Wildman–Crippen LogP) is 3.18. The topological polar surface area (TPSA) is 44.8 Å². The number of rotatable bonds is 3. The van der Waals surface area contributed by atoms with Crippen LogP contribution in [-0.2, 0) is 4.74 Å². The number of nitrogens with zero attached hydrogens (tertiary/aromatic N) is 2. The summed E-state index contributed by atoms with van der Waals surface area (Å²) in [7, 11) is 1.40. The number of hydrogen-bond acceptors (Lipinski definition) is 5. The van der Waals surface area contributed by atoms with E-state index in [4.69, 9.17) is 17.0 Å². The molecule has 1 aromatic heterocycles. The molecule has 0 atom stereocenters. The normalized spacial score (nSPS) is 20.0. The highest BCUT2D eigenvalue weighted by molar-refractivity contribution is 7.80. The molecule has 5 nitrogen and oxygen atoms in total. The van der Waals surface area contributed by atoms with Crippen molar-refractivity contribution >= 4 is 40.3 Å². The zero-order valence-electron chi connectivity index (χ0n) is 14.1. The molecule has 7 heteroatoms. The van der Waals surface area contributed by atoms with E-state index < -0.39 is 0 Å². The van der Waals surface area contributed by atoms with Crippen molar-refractivity contribution in [3.8, 4) is 0 Å². The molecule has 2 fully saturated rings. The van der Waals surface area contributed by atoms with E-state index in [9.17, 15) is 4.79 Å². The quantitative estimate of drug-likeness (QED) is 0.654. The van der Waals surface area contributed by atoms with Gasteiger partial charge in [-0.1, -0.05) is 6.42 Å². The molecule has 1 N–H and O–H groups in total. The molecule has 0 bridgehead atoms. The van der Waals surface area contributed by atoms with Crippen LogP contribution in [-0.4, -0.2) is 60.2 Å². The van der Waals surface area contributed by atoms with Crippen LogP contribution in [0.3, 0.4) is 0 Å². The maximum Gasteiger partial charge on any atom is 0.350 e. The van der Waals surface area contributed by atoms with Crippen molar-refractivity contribution in [1.82, 2.24) is 9.80 Å². The minimum atomic E-state index is -0.320. The van der Waals surface area contributed by atoms with Crippen molar-refractivity contribution in [2.75, 3.05) is 38.6 Å². The average Bonchev–Trinajstić information content (AvgIpc) is 3.10. The first-order chi connectivity index (χ1) is 11.7. The zero-order chi connectivity index (χ0) is 16.9. The van der Waals surface area contributed by atoms with Crippen LogP contribution in [0, 0.1) is 0 Å². The Morgan fingerprint density at radius 3 is 2.62 bits per heavy atom. The lowest BCUT2D eigenvalue weighted by molar-refractivity contribution is 0.0607. The molecule has 24 heavy (non-hydrogen) atoms. The van der Waals surface area contributed by atoms with Gasteiger partial charge < -0.3 is 19.9 Å². The number of thiophene rings is 1. The van der Waals surface area contributed by atoms with E-state index in [1.54, 1.807) is 0 Å². The molecule has 3 rings (SSSR count). The lowest BCUT2D eigenvalue weighted by atomic mass is 10.0. The monoisotopic (exact) mass is 367 g/mol. The van der Waals surface area contributed by atoms with Crippen molar-refractivity contribution in [2.45, 2.75) is 38.1 Å². The Labute approximate surface area is 153 Å². The Balaban J connectivity index is 1.52. The highest BCUT2D eigenvalue weighted by Crippen LogP contribution is 2.25. The molecular weight excluding hydrogens is 342 g/mol. The van der Waals surface area contributed by atoms with E-state index in [1.807, 2.05) is 11.4 Å². The number of ether oxygens (including phenoxy) is 1. The van der Waals surface area contributed by atoms with Gasteiger partial charge in [-0.05, 0) is 62.4 Å². The Hall–Kier alpha value is -1.18. The Morgan fingerprint density at radius 1 is 1.25 bits per heavy atom. The lowest BCUT2D eigenvalue weighted by Crippen LogP contribution is -2.49. The molecule has 0 amide bonds. The predicted molar refractivity (Wildman–Crippen MR) is 102 cm³/mol. The molecule has 2 aliphatic rings. The van der Waals surface area contributed by atoms with Crippen LogP contribution in [0.15, 0.2) is 11.4 Å². The Bertz CT molecular complexity index is 576. The third-order valence-electron chi connectivity index (χ3n) is 4.94. The standard InChI is InChI=1S/C17H25N3O2S2/c1-22-16(21)15-14(7-12-24-15)18-17(23)20-10-5-13(6-11-20)19-8-3-2-4-9-19/h7,12-13H,2-6,8-11H2,1H3,(H,18,23). The number of hydrogen-bond donors (Lipinski definition) is 1. The second-order valence-electron chi connectivity index (χ2n) is 6.40. The van der Waals surface area contributed by atoms with Gasteiger partial charge in [0.2, 0.25) is 0 Å². The van der Waals surface area contributed by atoms with E-state index in [1.165, 1.54) is 50.8 Å². The largest absolute Gasteiger partial charge is 0.465 e. The fourth-order valence-corrected chi connectivity index (χ4v) is 4.63. The minimum Gasteiger partial charge on any atom is -0.465 e. The maximum absolute atomic E-state index is 11.8. The number of likely N-dealkylation sites (tertiary alicyclic amines) is 2. The summed E-state index contributed by atoms with van der Waals surface area (Å²) in [6.07, 6.45) is 6.39. The number of methoxy groups -OCH3 is 1. The molecule has 0 aromatic carbocycles. The molecule has 0 saturated carbocycles. The van der Waals surface area contributed by atoms with Gasteiger partial charge >= 0.3 is 5.97 Å². The third kappa shape index (κ3) is 4.07. The van der Waals surface area contributed by atoms with Crippen molar-refractivity contribution in [2.24, 2.45) is 0 Å². The Kier molecular flexibility index (Phi) is 6.08. The number of piperidine rings is 2. The van der Waals surface area contributed by atoms with Crippen LogP contribution in [0.2, 0.25) is 0 Å². The summed E-state index contributed by atoms with van der Waals surface area (Å²) in [5.41, 5.74) is 0.745. The first-order valence-corrected chi connectivity index (χ1v) is 9.93. The molecule has 0 spiro atoms. The fraction of sp³-hybridized carbons (Fsp3) is 0.647. The molecule has 0 aliphatic carbocycles. The van der Waals surface area contributed by atoms with E-state index in [0.29, 0.717) is 16.0 Å². The summed E-state index contributed by atoms with van der Waals surface area (Å²) in [4.78, 5) is 17.2. The van der Waals surface area contributed by atoms with Crippen LogP contribution < -0.4 is 5.32 Å². The lowest BCUT2D eigenvalue weighted by Gasteiger charge is -2.41. The fourth-order valence-electron chi connectivity index (χ4n) is 3.57. The third-order valence-corrected chi connectivity index (χ3v) is 6.19. The number of esters is 1. The second kappa shape index (κ2) is 8.27. The second-order valence-corrected chi connectivity index (χ2v) is 7.70. The van der Waals surface area contributed by atoms with Gasteiger partial charge in [0.05, 0.1) is 12.8 Å². The summed E-state index contributed by atoms with van der Waals surface area (Å²) >= 11 is 6.92. The number of nitrogens with one attached hydrogen (secondary N) is 1.